The number of hydrogen-bond donors (Lipinski definition) is 1. The third-order valence-electron chi connectivity index (χ3n) is 3.21. The maximum atomic E-state index is 13.6. The number of carbonyl (C=O) groups excluding carboxylic acids is 2. The minimum Gasteiger partial charge on any atom is -0.493 e. The number of hydrogen-bond acceptors (Lipinski definition) is 5. The monoisotopic (exact) mass is 401 g/mol. The number of ether oxygens (including phenoxy) is 3. The summed E-state index contributed by atoms with van der Waals surface area (Å²) in [5.74, 6) is -1.71. The summed E-state index contributed by atoms with van der Waals surface area (Å²) in [5, 5.41) is 2.66. The van der Waals surface area contributed by atoms with Crippen molar-refractivity contribution in [2.24, 2.45) is 0 Å². The Bertz CT molecular complexity index is 844. The molecular formula is C17H14Cl2FNO5. The van der Waals surface area contributed by atoms with E-state index in [1.807, 2.05) is 0 Å². The predicted molar refractivity (Wildman–Crippen MR) is 94.9 cm³/mol. The van der Waals surface area contributed by atoms with E-state index >= 15 is 0 Å². The number of amides is 1. The van der Waals surface area contributed by atoms with Crippen molar-refractivity contribution in [2.45, 2.75) is 0 Å². The first kappa shape index (κ1) is 19.8. The Hall–Kier alpha value is -2.51. The summed E-state index contributed by atoms with van der Waals surface area (Å²) in [6.07, 6.45) is 0. The highest BCUT2D eigenvalue weighted by molar-refractivity contribution is 6.32. The number of anilines is 1. The number of methoxy groups -OCH3 is 2. The van der Waals surface area contributed by atoms with Crippen LogP contribution in [0.5, 0.6) is 11.5 Å². The quantitative estimate of drug-likeness (QED) is 0.741. The van der Waals surface area contributed by atoms with Crippen LogP contribution < -0.4 is 14.8 Å². The van der Waals surface area contributed by atoms with Crippen LogP contribution in [-0.4, -0.2) is 32.7 Å². The molecule has 6 nitrogen and oxygen atoms in total. The molecule has 0 bridgehead atoms. The molecule has 0 aliphatic rings. The summed E-state index contributed by atoms with van der Waals surface area (Å²) in [6, 6.07) is 6.37. The van der Waals surface area contributed by atoms with Gasteiger partial charge in [0.1, 0.15) is 5.82 Å². The molecule has 2 aromatic carbocycles. The smallest absolute Gasteiger partial charge is 0.338 e. The molecule has 0 saturated carbocycles. The highest BCUT2D eigenvalue weighted by Crippen LogP contribution is 2.36. The number of benzene rings is 2. The molecule has 0 atom stereocenters. The number of esters is 1. The number of rotatable bonds is 6. The lowest BCUT2D eigenvalue weighted by Gasteiger charge is -2.12. The van der Waals surface area contributed by atoms with Gasteiger partial charge in [-0.2, -0.15) is 0 Å². The van der Waals surface area contributed by atoms with Crippen LogP contribution in [-0.2, 0) is 9.53 Å². The fourth-order valence-electron chi connectivity index (χ4n) is 2.03. The van der Waals surface area contributed by atoms with Crippen LogP contribution in [0.25, 0.3) is 0 Å². The van der Waals surface area contributed by atoms with Crippen LogP contribution in [0.4, 0.5) is 10.1 Å². The van der Waals surface area contributed by atoms with Crippen LogP contribution in [0.3, 0.4) is 0 Å². The molecule has 0 radical (unpaired) electrons. The Morgan fingerprint density at radius 3 is 2.50 bits per heavy atom. The third-order valence-corrected chi connectivity index (χ3v) is 3.72. The largest absolute Gasteiger partial charge is 0.493 e. The zero-order valence-corrected chi connectivity index (χ0v) is 15.3. The Labute approximate surface area is 158 Å². The van der Waals surface area contributed by atoms with E-state index in [9.17, 15) is 14.0 Å². The standard InChI is InChI=1S/C17H14Cl2FNO5/c1-24-14-6-9(5-11(19)16(14)25-2)17(23)26-8-15(22)21-13-7-10(18)3-4-12(13)20/h3-7H,8H2,1-2H3,(H,21,22). The van der Waals surface area contributed by atoms with Gasteiger partial charge in [0, 0.05) is 5.02 Å². The topological polar surface area (TPSA) is 73.9 Å². The summed E-state index contributed by atoms with van der Waals surface area (Å²) < 4.78 is 28.6. The van der Waals surface area contributed by atoms with Crippen molar-refractivity contribution < 1.29 is 28.2 Å². The molecule has 0 saturated heterocycles. The highest BCUT2D eigenvalue weighted by atomic mass is 35.5. The Morgan fingerprint density at radius 1 is 1.12 bits per heavy atom. The van der Waals surface area contributed by atoms with E-state index in [0.29, 0.717) is 0 Å². The van der Waals surface area contributed by atoms with Crippen molar-refractivity contribution in [1.29, 1.82) is 0 Å². The van der Waals surface area contributed by atoms with Crippen molar-refractivity contribution in [1.82, 2.24) is 0 Å². The van der Waals surface area contributed by atoms with E-state index in [1.54, 1.807) is 0 Å². The molecule has 2 rings (SSSR count). The van der Waals surface area contributed by atoms with Crippen LogP contribution in [0, 0.1) is 5.82 Å². The van der Waals surface area contributed by atoms with E-state index in [4.69, 9.17) is 37.4 Å². The molecule has 2 aromatic rings. The molecule has 0 aromatic heterocycles. The van der Waals surface area contributed by atoms with Gasteiger partial charge in [-0.3, -0.25) is 4.79 Å². The van der Waals surface area contributed by atoms with Gasteiger partial charge in [-0.1, -0.05) is 23.2 Å². The molecule has 0 aliphatic carbocycles. The SMILES string of the molecule is COc1cc(C(=O)OCC(=O)Nc2cc(Cl)ccc2F)cc(Cl)c1OC. The fourth-order valence-corrected chi connectivity index (χ4v) is 2.49. The van der Waals surface area contributed by atoms with Gasteiger partial charge >= 0.3 is 5.97 Å². The molecule has 0 heterocycles. The van der Waals surface area contributed by atoms with Crippen molar-refractivity contribution in [3.05, 3.63) is 51.8 Å². The predicted octanol–water partition coefficient (Wildman–Crippen LogP) is 3.95. The zero-order valence-electron chi connectivity index (χ0n) is 13.8. The van der Waals surface area contributed by atoms with Gasteiger partial charge in [-0.25, -0.2) is 9.18 Å². The van der Waals surface area contributed by atoms with E-state index in [0.717, 1.165) is 6.07 Å². The molecule has 0 unspecified atom stereocenters. The van der Waals surface area contributed by atoms with Gasteiger partial charge in [-0.05, 0) is 30.3 Å². The first-order valence-corrected chi connectivity index (χ1v) is 7.94. The Kier molecular flexibility index (Phi) is 6.65. The number of carbonyl (C=O) groups is 2. The summed E-state index contributed by atoms with van der Waals surface area (Å²) in [5.41, 5.74) is -0.0536. The van der Waals surface area contributed by atoms with Crippen molar-refractivity contribution >= 4 is 40.8 Å². The minimum atomic E-state index is -0.811. The van der Waals surface area contributed by atoms with Gasteiger partial charge in [0.15, 0.2) is 18.1 Å². The van der Waals surface area contributed by atoms with Crippen molar-refractivity contribution in [2.75, 3.05) is 26.1 Å². The first-order valence-electron chi connectivity index (χ1n) is 7.19. The second kappa shape index (κ2) is 8.73. The fraction of sp³-hybridized carbons (Fsp3) is 0.176. The molecule has 0 aliphatic heterocycles. The highest BCUT2D eigenvalue weighted by Gasteiger charge is 2.17. The Balaban J connectivity index is 2.03. The first-order chi connectivity index (χ1) is 12.3. The lowest BCUT2D eigenvalue weighted by atomic mass is 10.2. The van der Waals surface area contributed by atoms with E-state index in [2.05, 4.69) is 5.32 Å². The van der Waals surface area contributed by atoms with E-state index < -0.39 is 24.3 Å². The Morgan fingerprint density at radius 2 is 1.85 bits per heavy atom. The lowest BCUT2D eigenvalue weighted by Crippen LogP contribution is -2.21. The maximum Gasteiger partial charge on any atom is 0.338 e. The van der Waals surface area contributed by atoms with Crippen molar-refractivity contribution in [3.8, 4) is 11.5 Å². The average Bonchev–Trinajstić information content (AvgIpc) is 2.61. The van der Waals surface area contributed by atoms with Gasteiger partial charge in [0.25, 0.3) is 5.91 Å². The minimum absolute atomic E-state index is 0.0642. The average molecular weight is 402 g/mol. The van der Waals surface area contributed by atoms with Gasteiger partial charge in [0.05, 0.1) is 30.5 Å². The van der Waals surface area contributed by atoms with E-state index in [-0.39, 0.29) is 32.8 Å². The summed E-state index contributed by atoms with van der Waals surface area (Å²) in [6.45, 7) is -0.628. The lowest BCUT2D eigenvalue weighted by molar-refractivity contribution is -0.119. The second-order valence-corrected chi connectivity index (χ2v) is 5.79. The molecule has 26 heavy (non-hydrogen) atoms. The molecule has 0 fully saturated rings. The van der Waals surface area contributed by atoms with Gasteiger partial charge in [-0.15, -0.1) is 0 Å². The zero-order chi connectivity index (χ0) is 19.3. The summed E-state index contributed by atoms with van der Waals surface area (Å²) >= 11 is 11.8. The van der Waals surface area contributed by atoms with E-state index in [1.165, 1.54) is 38.5 Å². The third kappa shape index (κ3) is 4.77. The van der Waals surface area contributed by atoms with Crippen molar-refractivity contribution in [3.63, 3.8) is 0 Å². The second-order valence-electron chi connectivity index (χ2n) is 4.94. The molecule has 138 valence electrons. The molecule has 1 N–H and O–H groups in total. The van der Waals surface area contributed by atoms with Gasteiger partial charge in [0.2, 0.25) is 0 Å². The summed E-state index contributed by atoms with van der Waals surface area (Å²) in [7, 11) is 2.79. The molecular weight excluding hydrogens is 388 g/mol. The summed E-state index contributed by atoms with van der Waals surface area (Å²) in [4.78, 5) is 23.9. The van der Waals surface area contributed by atoms with Crippen LogP contribution in [0.15, 0.2) is 30.3 Å². The molecule has 1 amide bonds. The number of nitrogens with one attached hydrogen (secondary N) is 1. The van der Waals surface area contributed by atoms with Crippen LogP contribution >= 0.6 is 23.2 Å². The maximum absolute atomic E-state index is 13.6. The number of halogens is 3. The normalized spacial score (nSPS) is 10.2. The van der Waals surface area contributed by atoms with Crippen LogP contribution in [0.1, 0.15) is 10.4 Å². The van der Waals surface area contributed by atoms with Gasteiger partial charge < -0.3 is 19.5 Å². The molecule has 0 spiro atoms. The molecule has 9 heteroatoms. The van der Waals surface area contributed by atoms with Crippen LogP contribution in [0.2, 0.25) is 10.0 Å².